The minimum absolute atomic E-state index is 0.532. The maximum Gasteiger partial charge on any atom is 0.222 e. The van der Waals surface area contributed by atoms with Gasteiger partial charge in [-0.25, -0.2) is 9.97 Å². The van der Waals surface area contributed by atoms with Crippen molar-refractivity contribution < 1.29 is 4.74 Å². The number of nitriles is 1. The Hall–Kier alpha value is -2.61. The third-order valence-corrected chi connectivity index (χ3v) is 2.78. The van der Waals surface area contributed by atoms with Gasteiger partial charge in [-0.05, 0) is 30.7 Å². The maximum atomic E-state index is 9.01. The van der Waals surface area contributed by atoms with E-state index in [2.05, 4.69) is 21.4 Å². The van der Waals surface area contributed by atoms with E-state index in [9.17, 15) is 0 Å². The highest BCUT2D eigenvalue weighted by Gasteiger charge is 2.12. The molecular formula is C14H14N4O. The molecule has 0 unspecified atom stereocenters. The lowest BCUT2D eigenvalue weighted by molar-refractivity contribution is 0.416. The number of hydrogen-bond acceptors (Lipinski definition) is 5. The number of ether oxygens (including phenoxy) is 1. The number of benzene rings is 1. The van der Waals surface area contributed by atoms with Gasteiger partial charge in [0, 0.05) is 18.8 Å². The molecule has 5 heteroatoms. The van der Waals surface area contributed by atoms with Crippen LogP contribution in [0, 0.1) is 18.3 Å². The van der Waals surface area contributed by atoms with E-state index in [0.717, 1.165) is 16.8 Å². The predicted molar refractivity (Wildman–Crippen MR) is 73.0 cm³/mol. The Bertz CT molecular complexity index is 646. The molecule has 0 saturated carbocycles. The molecule has 19 heavy (non-hydrogen) atoms. The SMILES string of the molecule is CNc1ncc(C)c(-c2cc(C#N)ccc2OC)n1. The number of aromatic nitrogens is 2. The fourth-order valence-corrected chi connectivity index (χ4v) is 1.80. The number of nitrogens with zero attached hydrogens (tertiary/aromatic N) is 3. The number of aryl methyl sites for hydroxylation is 1. The van der Waals surface area contributed by atoms with Crippen molar-refractivity contribution in [2.45, 2.75) is 6.92 Å². The summed E-state index contributed by atoms with van der Waals surface area (Å²) in [6.45, 7) is 1.92. The highest BCUT2D eigenvalue weighted by Crippen LogP contribution is 2.31. The van der Waals surface area contributed by atoms with Gasteiger partial charge in [-0.3, -0.25) is 0 Å². The summed E-state index contributed by atoms with van der Waals surface area (Å²) in [5.74, 6) is 1.22. The summed E-state index contributed by atoms with van der Waals surface area (Å²) in [7, 11) is 3.36. The maximum absolute atomic E-state index is 9.01. The van der Waals surface area contributed by atoms with Gasteiger partial charge in [0.25, 0.3) is 0 Å². The van der Waals surface area contributed by atoms with E-state index in [1.807, 2.05) is 6.92 Å². The van der Waals surface area contributed by atoms with Crippen molar-refractivity contribution in [2.75, 3.05) is 19.5 Å². The molecule has 2 aromatic rings. The molecular weight excluding hydrogens is 240 g/mol. The van der Waals surface area contributed by atoms with E-state index in [-0.39, 0.29) is 0 Å². The quantitative estimate of drug-likeness (QED) is 0.910. The summed E-state index contributed by atoms with van der Waals surface area (Å²) in [5, 5.41) is 11.9. The van der Waals surface area contributed by atoms with Gasteiger partial charge in [-0.15, -0.1) is 0 Å². The number of rotatable bonds is 3. The van der Waals surface area contributed by atoms with Crippen LogP contribution >= 0.6 is 0 Å². The average molecular weight is 254 g/mol. The zero-order chi connectivity index (χ0) is 13.8. The van der Waals surface area contributed by atoms with Crippen molar-refractivity contribution in [1.82, 2.24) is 9.97 Å². The fourth-order valence-electron chi connectivity index (χ4n) is 1.80. The second-order valence-corrected chi connectivity index (χ2v) is 4.00. The Morgan fingerprint density at radius 3 is 2.79 bits per heavy atom. The van der Waals surface area contributed by atoms with Gasteiger partial charge in [-0.2, -0.15) is 5.26 Å². The number of hydrogen-bond donors (Lipinski definition) is 1. The summed E-state index contributed by atoms with van der Waals surface area (Å²) >= 11 is 0. The second kappa shape index (κ2) is 5.36. The van der Waals surface area contributed by atoms with E-state index in [4.69, 9.17) is 10.00 Å². The van der Waals surface area contributed by atoms with Crippen molar-refractivity contribution in [3.05, 3.63) is 35.5 Å². The van der Waals surface area contributed by atoms with Crippen molar-refractivity contribution in [3.8, 4) is 23.1 Å². The molecule has 0 saturated heterocycles. The van der Waals surface area contributed by atoms with Crippen LogP contribution < -0.4 is 10.1 Å². The average Bonchev–Trinajstić information content (AvgIpc) is 2.47. The molecule has 0 atom stereocenters. The number of anilines is 1. The van der Waals surface area contributed by atoms with E-state index in [1.54, 1.807) is 38.6 Å². The van der Waals surface area contributed by atoms with Gasteiger partial charge in [0.05, 0.1) is 24.4 Å². The first-order chi connectivity index (χ1) is 9.19. The van der Waals surface area contributed by atoms with Crippen LogP contribution in [0.3, 0.4) is 0 Å². The Morgan fingerprint density at radius 1 is 1.37 bits per heavy atom. The summed E-state index contributed by atoms with van der Waals surface area (Å²) in [5.41, 5.74) is 3.04. The molecule has 1 aromatic carbocycles. The van der Waals surface area contributed by atoms with Gasteiger partial charge in [-0.1, -0.05) is 0 Å². The van der Waals surface area contributed by atoms with Gasteiger partial charge in [0.1, 0.15) is 5.75 Å². The Morgan fingerprint density at radius 2 is 2.16 bits per heavy atom. The van der Waals surface area contributed by atoms with E-state index in [1.165, 1.54) is 0 Å². The lowest BCUT2D eigenvalue weighted by Crippen LogP contribution is -2.00. The minimum Gasteiger partial charge on any atom is -0.496 e. The zero-order valence-electron chi connectivity index (χ0n) is 11.1. The number of methoxy groups -OCH3 is 1. The molecule has 0 amide bonds. The first kappa shape index (κ1) is 12.8. The largest absolute Gasteiger partial charge is 0.496 e. The zero-order valence-corrected chi connectivity index (χ0v) is 11.1. The van der Waals surface area contributed by atoms with Crippen molar-refractivity contribution >= 4 is 5.95 Å². The molecule has 0 fully saturated rings. The highest BCUT2D eigenvalue weighted by atomic mass is 16.5. The molecule has 0 aliphatic carbocycles. The topological polar surface area (TPSA) is 70.8 Å². The standard InChI is InChI=1S/C14H14N4O/c1-9-8-17-14(16-2)18-13(9)11-6-10(7-15)4-5-12(11)19-3/h4-6,8H,1-3H3,(H,16,17,18). The van der Waals surface area contributed by atoms with Crippen LogP contribution in [-0.2, 0) is 0 Å². The minimum atomic E-state index is 0.532. The molecule has 0 aliphatic rings. The fraction of sp³-hybridized carbons (Fsp3) is 0.214. The molecule has 0 aliphatic heterocycles. The van der Waals surface area contributed by atoms with Gasteiger partial charge < -0.3 is 10.1 Å². The van der Waals surface area contributed by atoms with E-state index >= 15 is 0 Å². The third-order valence-electron chi connectivity index (χ3n) is 2.78. The monoisotopic (exact) mass is 254 g/mol. The lowest BCUT2D eigenvalue weighted by atomic mass is 10.0. The van der Waals surface area contributed by atoms with Gasteiger partial charge in [0.15, 0.2) is 0 Å². The van der Waals surface area contributed by atoms with Crippen LogP contribution in [0.25, 0.3) is 11.3 Å². The molecule has 2 rings (SSSR count). The van der Waals surface area contributed by atoms with Crippen LogP contribution in [0.4, 0.5) is 5.95 Å². The van der Waals surface area contributed by atoms with E-state index in [0.29, 0.717) is 17.3 Å². The second-order valence-electron chi connectivity index (χ2n) is 4.00. The molecule has 1 N–H and O–H groups in total. The van der Waals surface area contributed by atoms with Gasteiger partial charge in [0.2, 0.25) is 5.95 Å². The van der Waals surface area contributed by atoms with Crippen molar-refractivity contribution in [2.24, 2.45) is 0 Å². The lowest BCUT2D eigenvalue weighted by Gasteiger charge is -2.11. The summed E-state index contributed by atoms with van der Waals surface area (Å²) < 4.78 is 5.34. The van der Waals surface area contributed by atoms with Crippen molar-refractivity contribution in [1.29, 1.82) is 5.26 Å². The Balaban J connectivity index is 2.66. The molecule has 5 nitrogen and oxygen atoms in total. The summed E-state index contributed by atoms with van der Waals surface area (Å²) in [6, 6.07) is 7.39. The molecule has 0 radical (unpaired) electrons. The van der Waals surface area contributed by atoms with Crippen LogP contribution in [0.15, 0.2) is 24.4 Å². The Kier molecular flexibility index (Phi) is 3.62. The molecule has 96 valence electrons. The molecule has 0 bridgehead atoms. The summed E-state index contributed by atoms with van der Waals surface area (Å²) in [6.07, 6.45) is 1.74. The highest BCUT2D eigenvalue weighted by molar-refractivity contribution is 5.72. The normalized spacial score (nSPS) is 9.79. The van der Waals surface area contributed by atoms with Crippen molar-refractivity contribution in [3.63, 3.8) is 0 Å². The first-order valence-corrected chi connectivity index (χ1v) is 5.79. The van der Waals surface area contributed by atoms with Crippen LogP contribution in [-0.4, -0.2) is 24.1 Å². The Labute approximate surface area is 111 Å². The summed E-state index contributed by atoms with van der Waals surface area (Å²) in [4.78, 5) is 8.59. The molecule has 0 spiro atoms. The van der Waals surface area contributed by atoms with Crippen LogP contribution in [0.2, 0.25) is 0 Å². The number of nitrogens with one attached hydrogen (secondary N) is 1. The smallest absolute Gasteiger partial charge is 0.222 e. The molecule has 1 heterocycles. The van der Waals surface area contributed by atoms with Crippen LogP contribution in [0.1, 0.15) is 11.1 Å². The first-order valence-electron chi connectivity index (χ1n) is 5.79. The molecule has 1 aromatic heterocycles. The van der Waals surface area contributed by atoms with E-state index < -0.39 is 0 Å². The van der Waals surface area contributed by atoms with Crippen LogP contribution in [0.5, 0.6) is 5.75 Å². The third kappa shape index (κ3) is 2.47. The van der Waals surface area contributed by atoms with Gasteiger partial charge >= 0.3 is 0 Å². The predicted octanol–water partition coefficient (Wildman–Crippen LogP) is 2.37.